The number of ether oxygens (including phenoxy) is 1. The van der Waals surface area contributed by atoms with Gasteiger partial charge in [-0.25, -0.2) is 0 Å². The number of carbonyl (C=O) groups is 2. The normalized spacial score (nSPS) is 10.8. The van der Waals surface area contributed by atoms with Gasteiger partial charge in [-0.3, -0.25) is 9.59 Å². The zero-order valence-electron chi connectivity index (χ0n) is 15.7. The lowest BCUT2D eigenvalue weighted by molar-refractivity contribution is 0.101. The Kier molecular flexibility index (Phi) is 5.61. The highest BCUT2D eigenvalue weighted by Crippen LogP contribution is 2.37. The molecule has 0 aliphatic carbocycles. The number of fused-ring (bicyclic) bond motifs is 1. The van der Waals surface area contributed by atoms with Gasteiger partial charge >= 0.3 is 0 Å². The lowest BCUT2D eigenvalue weighted by Crippen LogP contribution is -2.14. The molecule has 0 bridgehead atoms. The van der Waals surface area contributed by atoms with Gasteiger partial charge in [0.2, 0.25) is 5.78 Å². The molecule has 5 nitrogen and oxygen atoms in total. The summed E-state index contributed by atoms with van der Waals surface area (Å²) in [7, 11) is 1.51. The number of rotatable bonds is 5. The minimum absolute atomic E-state index is 0.0160. The predicted octanol–water partition coefficient (Wildman–Crippen LogP) is 6.34. The SMILES string of the molecule is COc1cccc2c(NC(=O)c3ccc(Br)cc3)c(C(=O)c3ccc(Cl)cc3)oc12. The summed E-state index contributed by atoms with van der Waals surface area (Å²) in [6.45, 7) is 0. The van der Waals surface area contributed by atoms with Gasteiger partial charge in [0.15, 0.2) is 17.1 Å². The first-order valence-corrected chi connectivity index (χ1v) is 10.1. The minimum atomic E-state index is -0.379. The van der Waals surface area contributed by atoms with E-state index in [2.05, 4.69) is 21.2 Å². The molecule has 0 fully saturated rings. The van der Waals surface area contributed by atoms with Crippen molar-refractivity contribution < 1.29 is 18.7 Å². The molecular weight excluding hydrogens is 470 g/mol. The Bertz CT molecular complexity index is 1250. The van der Waals surface area contributed by atoms with Crippen molar-refractivity contribution in [3.05, 3.63) is 93.1 Å². The van der Waals surface area contributed by atoms with Gasteiger partial charge in [0, 0.05) is 26.0 Å². The van der Waals surface area contributed by atoms with E-state index in [9.17, 15) is 9.59 Å². The van der Waals surface area contributed by atoms with Gasteiger partial charge in [-0.05, 0) is 60.7 Å². The molecule has 1 heterocycles. The fraction of sp³-hybridized carbons (Fsp3) is 0.0435. The highest BCUT2D eigenvalue weighted by molar-refractivity contribution is 9.10. The van der Waals surface area contributed by atoms with E-state index in [-0.39, 0.29) is 23.1 Å². The maximum atomic E-state index is 13.2. The molecule has 1 amide bonds. The van der Waals surface area contributed by atoms with Gasteiger partial charge < -0.3 is 14.5 Å². The van der Waals surface area contributed by atoms with E-state index in [1.807, 2.05) is 0 Å². The van der Waals surface area contributed by atoms with Gasteiger partial charge in [-0.1, -0.05) is 33.6 Å². The van der Waals surface area contributed by atoms with Gasteiger partial charge in [-0.2, -0.15) is 0 Å². The molecule has 0 atom stereocenters. The third-order valence-electron chi connectivity index (χ3n) is 4.56. The molecule has 0 saturated carbocycles. The number of furan rings is 1. The molecule has 0 spiro atoms. The van der Waals surface area contributed by atoms with E-state index in [4.69, 9.17) is 20.8 Å². The molecule has 0 radical (unpaired) electrons. The highest BCUT2D eigenvalue weighted by atomic mass is 79.9. The van der Waals surface area contributed by atoms with Crippen LogP contribution in [0.3, 0.4) is 0 Å². The number of amides is 1. The number of methoxy groups -OCH3 is 1. The van der Waals surface area contributed by atoms with E-state index in [1.54, 1.807) is 66.7 Å². The van der Waals surface area contributed by atoms with Crippen LogP contribution < -0.4 is 10.1 Å². The molecule has 1 aromatic heterocycles. The average Bonchev–Trinajstić information content (AvgIpc) is 3.12. The van der Waals surface area contributed by atoms with Gasteiger partial charge in [0.1, 0.15) is 0 Å². The van der Waals surface area contributed by atoms with E-state index in [1.165, 1.54) is 7.11 Å². The molecule has 0 aliphatic rings. The molecule has 0 aliphatic heterocycles. The molecule has 4 rings (SSSR count). The molecular formula is C23H15BrClNO4. The summed E-state index contributed by atoms with van der Waals surface area (Å²) >= 11 is 9.28. The van der Waals surface area contributed by atoms with Crippen molar-refractivity contribution in [2.45, 2.75) is 0 Å². The van der Waals surface area contributed by atoms with E-state index >= 15 is 0 Å². The van der Waals surface area contributed by atoms with Gasteiger partial charge in [0.05, 0.1) is 12.8 Å². The molecule has 3 aromatic carbocycles. The molecule has 7 heteroatoms. The van der Waals surface area contributed by atoms with Crippen molar-refractivity contribution in [1.82, 2.24) is 0 Å². The summed E-state index contributed by atoms with van der Waals surface area (Å²) in [6.07, 6.45) is 0. The van der Waals surface area contributed by atoms with Crippen LogP contribution in [0.4, 0.5) is 5.69 Å². The molecule has 1 N–H and O–H groups in total. The summed E-state index contributed by atoms with van der Waals surface area (Å²) in [5.41, 5.74) is 1.50. The first-order valence-electron chi connectivity index (χ1n) is 8.94. The second-order valence-electron chi connectivity index (χ2n) is 6.44. The van der Waals surface area contributed by atoms with Crippen LogP contribution in [0.1, 0.15) is 26.5 Å². The third kappa shape index (κ3) is 3.84. The number of halogens is 2. The smallest absolute Gasteiger partial charge is 0.255 e. The lowest BCUT2D eigenvalue weighted by Gasteiger charge is -2.07. The molecule has 30 heavy (non-hydrogen) atoms. The number of benzene rings is 3. The number of carbonyl (C=O) groups excluding carboxylic acids is 2. The summed E-state index contributed by atoms with van der Waals surface area (Å²) in [4.78, 5) is 26.0. The van der Waals surface area contributed by atoms with Crippen LogP contribution in [-0.4, -0.2) is 18.8 Å². The summed E-state index contributed by atoms with van der Waals surface area (Å²) in [5, 5.41) is 3.91. The predicted molar refractivity (Wildman–Crippen MR) is 120 cm³/mol. The lowest BCUT2D eigenvalue weighted by atomic mass is 10.1. The first-order chi connectivity index (χ1) is 14.5. The monoisotopic (exact) mass is 483 g/mol. The van der Waals surface area contributed by atoms with Crippen molar-refractivity contribution in [3.63, 3.8) is 0 Å². The fourth-order valence-electron chi connectivity index (χ4n) is 3.06. The highest BCUT2D eigenvalue weighted by Gasteiger charge is 2.25. The minimum Gasteiger partial charge on any atom is -0.493 e. The summed E-state index contributed by atoms with van der Waals surface area (Å²) < 4.78 is 12.1. The quantitative estimate of drug-likeness (QED) is 0.336. The Labute approximate surface area is 185 Å². The van der Waals surface area contributed by atoms with Gasteiger partial charge in [-0.15, -0.1) is 0 Å². The number of ketones is 1. The van der Waals surface area contributed by atoms with Crippen LogP contribution in [0.15, 0.2) is 75.6 Å². The van der Waals surface area contributed by atoms with Crippen LogP contribution in [0, 0.1) is 0 Å². The first kappa shape index (κ1) is 20.2. The Morgan fingerprint density at radius 1 is 0.967 bits per heavy atom. The number of nitrogens with one attached hydrogen (secondary N) is 1. The summed E-state index contributed by atoms with van der Waals surface area (Å²) in [6, 6.07) is 18.6. The maximum Gasteiger partial charge on any atom is 0.255 e. The zero-order chi connectivity index (χ0) is 21.3. The average molecular weight is 485 g/mol. The Hall–Kier alpha value is -3.09. The van der Waals surface area contributed by atoms with Crippen LogP contribution in [-0.2, 0) is 0 Å². The fourth-order valence-corrected chi connectivity index (χ4v) is 3.45. The van der Waals surface area contributed by atoms with Crippen LogP contribution in [0.5, 0.6) is 5.75 Å². The second-order valence-corrected chi connectivity index (χ2v) is 7.79. The molecule has 0 unspecified atom stereocenters. The summed E-state index contributed by atoms with van der Waals surface area (Å²) in [5.74, 6) is -0.265. The Morgan fingerprint density at radius 2 is 1.63 bits per heavy atom. The number of para-hydroxylation sites is 1. The number of hydrogen-bond acceptors (Lipinski definition) is 4. The van der Waals surface area contributed by atoms with Crippen LogP contribution in [0.2, 0.25) is 5.02 Å². The van der Waals surface area contributed by atoms with Crippen molar-refractivity contribution in [2.75, 3.05) is 12.4 Å². The number of hydrogen-bond donors (Lipinski definition) is 1. The van der Waals surface area contributed by atoms with E-state index in [0.717, 1.165) is 4.47 Å². The standard InChI is InChI=1S/C23H15BrClNO4/c1-29-18-4-2-3-17-19(26-23(28)14-5-9-15(24)10-6-14)22(30-21(17)18)20(27)13-7-11-16(25)12-8-13/h2-12H,1H3,(H,26,28). The molecule has 150 valence electrons. The largest absolute Gasteiger partial charge is 0.493 e. The second kappa shape index (κ2) is 8.34. The topological polar surface area (TPSA) is 68.5 Å². The van der Waals surface area contributed by atoms with Gasteiger partial charge in [0.25, 0.3) is 5.91 Å². The van der Waals surface area contributed by atoms with Crippen LogP contribution in [0.25, 0.3) is 11.0 Å². The van der Waals surface area contributed by atoms with Crippen LogP contribution >= 0.6 is 27.5 Å². The van der Waals surface area contributed by atoms with E-state index in [0.29, 0.717) is 32.9 Å². The van der Waals surface area contributed by atoms with E-state index < -0.39 is 0 Å². The van der Waals surface area contributed by atoms with Crippen molar-refractivity contribution in [3.8, 4) is 5.75 Å². The Morgan fingerprint density at radius 3 is 2.30 bits per heavy atom. The van der Waals surface area contributed by atoms with Crippen molar-refractivity contribution >= 4 is 55.9 Å². The third-order valence-corrected chi connectivity index (χ3v) is 5.34. The maximum absolute atomic E-state index is 13.2. The van der Waals surface area contributed by atoms with Crippen molar-refractivity contribution in [2.24, 2.45) is 0 Å². The van der Waals surface area contributed by atoms with Crippen molar-refractivity contribution in [1.29, 1.82) is 0 Å². The zero-order valence-corrected chi connectivity index (χ0v) is 18.1. The Balaban J connectivity index is 1.82. The molecule has 4 aromatic rings. The molecule has 0 saturated heterocycles. The number of anilines is 1.